The van der Waals surface area contributed by atoms with Gasteiger partial charge in [-0.3, -0.25) is 0 Å². The molecule has 0 amide bonds. The Balaban J connectivity index is 2.07. The monoisotopic (exact) mass is 684 g/mol. The number of carbonyl (C=O) groups excluding carboxylic acids is 5. The van der Waals surface area contributed by atoms with Crippen molar-refractivity contribution in [2.24, 2.45) is 0 Å². The van der Waals surface area contributed by atoms with Gasteiger partial charge < -0.3 is 23.7 Å². The summed E-state index contributed by atoms with van der Waals surface area (Å²) in [6, 6.07) is 13.3. The minimum atomic E-state index is -0.862. The molecule has 3 aromatic rings. The number of rotatable bonds is 12. The summed E-state index contributed by atoms with van der Waals surface area (Å²) in [5, 5.41) is 0.0305. The van der Waals surface area contributed by atoms with Gasteiger partial charge in [-0.15, -0.1) is 0 Å². The highest BCUT2D eigenvalue weighted by molar-refractivity contribution is 6.32. The van der Waals surface area contributed by atoms with Gasteiger partial charge in [0.25, 0.3) is 0 Å². The highest BCUT2D eigenvalue weighted by Gasteiger charge is 2.22. The lowest BCUT2D eigenvalue weighted by atomic mass is 10.0. The first-order valence-electron chi connectivity index (χ1n) is 14.5. The van der Waals surface area contributed by atoms with Crippen molar-refractivity contribution in [3.63, 3.8) is 0 Å². The second-order valence-corrected chi connectivity index (χ2v) is 11.3. The molecule has 3 aromatic carbocycles. The molecule has 0 radical (unpaired) electrons. The van der Waals surface area contributed by atoms with Crippen molar-refractivity contribution < 1.29 is 47.7 Å². The lowest BCUT2D eigenvalue weighted by Crippen LogP contribution is -2.13. The number of allylic oxidation sites excluding steroid dienone is 1. The number of esters is 5. The maximum absolute atomic E-state index is 13.1. The molecule has 252 valence electrons. The molecule has 3 rings (SSSR count). The molecule has 0 saturated carbocycles. The third-order valence-electron chi connectivity index (χ3n) is 6.36. The second-order valence-electron chi connectivity index (χ2n) is 10.9. The zero-order valence-corrected chi connectivity index (χ0v) is 28.3. The van der Waals surface area contributed by atoms with Crippen molar-refractivity contribution in [2.45, 2.75) is 34.6 Å². The van der Waals surface area contributed by atoms with Crippen LogP contribution in [0.25, 0.3) is 16.7 Å². The van der Waals surface area contributed by atoms with E-state index >= 15 is 0 Å². The summed E-state index contributed by atoms with van der Waals surface area (Å²) < 4.78 is 27.1. The third kappa shape index (κ3) is 10.2. The molecule has 10 nitrogen and oxygen atoms in total. The number of hydrogen-bond donors (Lipinski definition) is 0. The Morgan fingerprint density at radius 1 is 0.551 bits per heavy atom. The largest absolute Gasteiger partial charge is 0.423 e. The lowest BCUT2D eigenvalue weighted by molar-refractivity contribution is -0.132. The Hall–Kier alpha value is -6.00. The average Bonchev–Trinajstić information content (AvgIpc) is 3.02. The Morgan fingerprint density at radius 3 is 1.53 bits per heavy atom. The minimum absolute atomic E-state index is 0.0305. The first-order chi connectivity index (χ1) is 23.0. The number of ether oxygens (including phenoxy) is 5. The number of halogens is 1. The van der Waals surface area contributed by atoms with Crippen LogP contribution in [-0.2, 0) is 24.0 Å². The molecule has 0 heterocycles. The average molecular weight is 685 g/mol. The summed E-state index contributed by atoms with van der Waals surface area (Å²) in [5.41, 5.74) is 2.16. The van der Waals surface area contributed by atoms with Gasteiger partial charge in [0.05, 0.1) is 5.02 Å². The van der Waals surface area contributed by atoms with E-state index in [1.165, 1.54) is 64.1 Å². The molecular formula is C38H33ClO10. The SMILES string of the molecule is C=C(C)C(=O)Oc1ccc(/C(C)=C/C(=O)Oc2cc(OC(=O)C(=C)C)c(-c3ccc(OC(=O)C(=C)C)c(Cl)c3)cc2OC(=O)C(=C)C)cc1. The molecule has 0 aliphatic rings. The van der Waals surface area contributed by atoms with E-state index in [1.54, 1.807) is 31.2 Å². The molecule has 0 spiro atoms. The van der Waals surface area contributed by atoms with Crippen LogP contribution in [0.4, 0.5) is 0 Å². The van der Waals surface area contributed by atoms with Gasteiger partial charge in [-0.25, -0.2) is 24.0 Å². The molecule has 0 fully saturated rings. The normalized spacial score (nSPS) is 10.7. The van der Waals surface area contributed by atoms with E-state index in [1.807, 2.05) is 0 Å². The molecule has 0 bridgehead atoms. The molecular weight excluding hydrogens is 652 g/mol. The summed E-state index contributed by atoms with van der Waals surface area (Å²) in [7, 11) is 0. The van der Waals surface area contributed by atoms with Gasteiger partial charge in [-0.2, -0.15) is 0 Å². The standard InChI is InChI=1S/C38H33ClO10/c1-20(2)35(41)45-27-13-10-25(11-14-27)24(9)16-34(40)46-33-19-31(48-37(43)22(5)6)28(18-32(33)49-38(44)23(7)8)26-12-15-30(29(39)17-26)47-36(42)21(3)4/h10-19H,1,3,5,7H2,2,4,6,8-9H3/b24-16+. The van der Waals surface area contributed by atoms with Crippen molar-refractivity contribution >= 4 is 47.0 Å². The zero-order chi connectivity index (χ0) is 36.6. The van der Waals surface area contributed by atoms with Crippen molar-refractivity contribution in [2.75, 3.05) is 0 Å². The summed E-state index contributed by atoms with van der Waals surface area (Å²) in [6.07, 6.45) is 1.19. The minimum Gasteiger partial charge on any atom is -0.423 e. The Labute approximate surface area is 288 Å². The molecule has 0 saturated heterocycles. The Morgan fingerprint density at radius 2 is 1.02 bits per heavy atom. The van der Waals surface area contributed by atoms with Crippen LogP contribution in [0.3, 0.4) is 0 Å². The fourth-order valence-corrected chi connectivity index (χ4v) is 3.92. The third-order valence-corrected chi connectivity index (χ3v) is 6.65. The quantitative estimate of drug-likeness (QED) is 0.105. The van der Waals surface area contributed by atoms with Gasteiger partial charge in [-0.1, -0.05) is 56.1 Å². The molecule has 0 aliphatic heterocycles. The molecule has 49 heavy (non-hydrogen) atoms. The first-order valence-corrected chi connectivity index (χ1v) is 14.8. The van der Waals surface area contributed by atoms with E-state index in [-0.39, 0.29) is 61.6 Å². The number of hydrogen-bond acceptors (Lipinski definition) is 10. The summed E-state index contributed by atoms with van der Waals surface area (Å²) in [4.78, 5) is 62.2. The van der Waals surface area contributed by atoms with Gasteiger partial charge in [0.2, 0.25) is 0 Å². The van der Waals surface area contributed by atoms with Gasteiger partial charge >= 0.3 is 29.8 Å². The zero-order valence-electron chi connectivity index (χ0n) is 27.6. The van der Waals surface area contributed by atoms with Gasteiger partial charge in [0.1, 0.15) is 17.2 Å². The van der Waals surface area contributed by atoms with Crippen LogP contribution in [-0.4, -0.2) is 29.8 Å². The highest BCUT2D eigenvalue weighted by atomic mass is 35.5. The van der Waals surface area contributed by atoms with E-state index in [9.17, 15) is 24.0 Å². The van der Waals surface area contributed by atoms with E-state index in [2.05, 4.69) is 26.3 Å². The van der Waals surface area contributed by atoms with Crippen LogP contribution in [0.5, 0.6) is 28.7 Å². The molecule has 0 aliphatic carbocycles. The topological polar surface area (TPSA) is 132 Å². The Bertz CT molecular complexity index is 1950. The predicted molar refractivity (Wildman–Crippen MR) is 184 cm³/mol. The van der Waals surface area contributed by atoms with Crippen LogP contribution in [0, 0.1) is 0 Å². The molecule has 0 atom stereocenters. The van der Waals surface area contributed by atoms with Crippen molar-refractivity contribution in [3.05, 3.63) is 120 Å². The molecule has 0 aromatic heterocycles. The Kier molecular flexibility index (Phi) is 12.4. The van der Waals surface area contributed by atoms with Gasteiger partial charge in [0.15, 0.2) is 11.5 Å². The number of carbonyl (C=O) groups is 5. The fourth-order valence-electron chi connectivity index (χ4n) is 3.70. The van der Waals surface area contributed by atoms with Gasteiger partial charge in [-0.05, 0) is 81.7 Å². The van der Waals surface area contributed by atoms with Crippen molar-refractivity contribution in [1.29, 1.82) is 0 Å². The molecule has 0 N–H and O–H groups in total. The van der Waals surface area contributed by atoms with E-state index < -0.39 is 29.8 Å². The van der Waals surface area contributed by atoms with E-state index in [0.717, 1.165) is 0 Å². The maximum Gasteiger partial charge on any atom is 0.338 e. The summed E-state index contributed by atoms with van der Waals surface area (Å²) in [5.74, 6) is -3.99. The van der Waals surface area contributed by atoms with Crippen molar-refractivity contribution in [3.8, 4) is 39.9 Å². The summed E-state index contributed by atoms with van der Waals surface area (Å²) in [6.45, 7) is 21.8. The van der Waals surface area contributed by atoms with E-state index in [4.69, 9.17) is 35.3 Å². The smallest absolute Gasteiger partial charge is 0.338 e. The highest BCUT2D eigenvalue weighted by Crippen LogP contribution is 2.43. The second kappa shape index (κ2) is 16.2. The lowest BCUT2D eigenvalue weighted by Gasteiger charge is -2.17. The predicted octanol–water partition coefficient (Wildman–Crippen LogP) is 7.94. The fraction of sp³-hybridized carbons (Fsp3) is 0.132. The number of benzene rings is 3. The summed E-state index contributed by atoms with van der Waals surface area (Å²) >= 11 is 6.42. The van der Waals surface area contributed by atoms with Crippen LogP contribution >= 0.6 is 11.6 Å². The van der Waals surface area contributed by atoms with Crippen molar-refractivity contribution in [1.82, 2.24) is 0 Å². The van der Waals surface area contributed by atoms with Crippen LogP contribution in [0.15, 0.2) is 109 Å². The van der Waals surface area contributed by atoms with Crippen LogP contribution in [0.2, 0.25) is 5.02 Å². The first kappa shape index (κ1) is 37.5. The van der Waals surface area contributed by atoms with Gasteiger partial charge in [0, 0.05) is 40.0 Å². The van der Waals surface area contributed by atoms with Crippen LogP contribution in [0.1, 0.15) is 40.2 Å². The van der Waals surface area contributed by atoms with E-state index in [0.29, 0.717) is 16.7 Å². The molecule has 0 unspecified atom stereocenters. The molecule has 11 heteroatoms. The maximum atomic E-state index is 13.1. The van der Waals surface area contributed by atoms with Crippen LogP contribution < -0.4 is 23.7 Å².